The van der Waals surface area contributed by atoms with Gasteiger partial charge < -0.3 is 15.7 Å². The Morgan fingerprint density at radius 2 is 1.82 bits per heavy atom. The average Bonchev–Trinajstić information content (AvgIpc) is 3.05. The molecule has 2 atom stereocenters. The molecular formula is C24H29N3O5S. The SMILES string of the molecule is C=CC(=O)NC1CCCCN(S(=O)(=O)c2ccc(C(Cc3ccccc3)NC(=O)O)cc2)C1. The van der Waals surface area contributed by atoms with Crippen molar-refractivity contribution in [2.75, 3.05) is 13.1 Å². The van der Waals surface area contributed by atoms with E-state index >= 15 is 0 Å². The third-order valence-electron chi connectivity index (χ3n) is 5.67. The monoisotopic (exact) mass is 471 g/mol. The molecule has 0 aromatic heterocycles. The molecule has 33 heavy (non-hydrogen) atoms. The van der Waals surface area contributed by atoms with Crippen LogP contribution in [0.1, 0.15) is 36.4 Å². The highest BCUT2D eigenvalue weighted by molar-refractivity contribution is 7.89. The molecule has 2 amide bonds. The summed E-state index contributed by atoms with van der Waals surface area (Å²) in [5.41, 5.74) is 1.64. The first-order valence-electron chi connectivity index (χ1n) is 10.9. The van der Waals surface area contributed by atoms with E-state index in [0.29, 0.717) is 31.4 Å². The summed E-state index contributed by atoms with van der Waals surface area (Å²) in [5, 5.41) is 14.6. The number of nitrogens with zero attached hydrogens (tertiary/aromatic N) is 1. The number of rotatable bonds is 8. The van der Waals surface area contributed by atoms with E-state index in [9.17, 15) is 23.1 Å². The number of amides is 2. The summed E-state index contributed by atoms with van der Waals surface area (Å²) in [6, 6.07) is 15.0. The van der Waals surface area contributed by atoms with Gasteiger partial charge in [0.25, 0.3) is 0 Å². The lowest BCUT2D eigenvalue weighted by Gasteiger charge is -2.25. The van der Waals surface area contributed by atoms with Gasteiger partial charge in [-0.3, -0.25) is 4.79 Å². The van der Waals surface area contributed by atoms with Crippen LogP contribution in [0.25, 0.3) is 0 Å². The summed E-state index contributed by atoms with van der Waals surface area (Å²) in [7, 11) is -3.77. The Morgan fingerprint density at radius 1 is 1.12 bits per heavy atom. The minimum absolute atomic E-state index is 0.135. The minimum atomic E-state index is -3.77. The highest BCUT2D eigenvalue weighted by Gasteiger charge is 2.29. The molecule has 0 spiro atoms. The van der Waals surface area contributed by atoms with Gasteiger partial charge in [0.05, 0.1) is 10.9 Å². The van der Waals surface area contributed by atoms with Crippen LogP contribution in [0.2, 0.25) is 0 Å². The van der Waals surface area contributed by atoms with Gasteiger partial charge in [-0.15, -0.1) is 0 Å². The van der Waals surface area contributed by atoms with Crippen LogP contribution in [0.4, 0.5) is 4.79 Å². The number of sulfonamides is 1. The first kappa shape index (κ1) is 24.5. The average molecular weight is 472 g/mol. The van der Waals surface area contributed by atoms with E-state index in [0.717, 1.165) is 12.0 Å². The van der Waals surface area contributed by atoms with E-state index in [1.807, 2.05) is 30.3 Å². The first-order chi connectivity index (χ1) is 15.8. The Hall–Kier alpha value is -3.17. The number of benzene rings is 2. The zero-order chi connectivity index (χ0) is 23.8. The molecule has 3 N–H and O–H groups in total. The van der Waals surface area contributed by atoms with Crippen molar-refractivity contribution in [1.29, 1.82) is 0 Å². The first-order valence-corrected chi connectivity index (χ1v) is 12.3. The molecule has 3 rings (SSSR count). The van der Waals surface area contributed by atoms with Crippen LogP contribution >= 0.6 is 0 Å². The number of nitrogens with one attached hydrogen (secondary N) is 2. The van der Waals surface area contributed by atoms with Gasteiger partial charge >= 0.3 is 6.09 Å². The summed E-state index contributed by atoms with van der Waals surface area (Å²) in [4.78, 5) is 23.1. The van der Waals surface area contributed by atoms with Crippen molar-refractivity contribution in [2.24, 2.45) is 0 Å². The smallest absolute Gasteiger partial charge is 0.405 e. The predicted octanol–water partition coefficient (Wildman–Crippen LogP) is 3.08. The molecule has 0 bridgehead atoms. The number of hydrogen-bond donors (Lipinski definition) is 3. The van der Waals surface area contributed by atoms with Crippen LogP contribution < -0.4 is 10.6 Å². The second-order valence-corrected chi connectivity index (χ2v) is 9.97. The lowest BCUT2D eigenvalue weighted by atomic mass is 9.99. The highest BCUT2D eigenvalue weighted by atomic mass is 32.2. The molecule has 2 unspecified atom stereocenters. The molecule has 1 aliphatic rings. The number of carbonyl (C=O) groups is 2. The fourth-order valence-corrected chi connectivity index (χ4v) is 5.50. The van der Waals surface area contributed by atoms with Crippen LogP contribution in [-0.4, -0.2) is 49.0 Å². The van der Waals surface area contributed by atoms with E-state index < -0.39 is 22.2 Å². The molecule has 1 heterocycles. The standard InChI is InChI=1S/C24H29N3O5S/c1-2-23(28)25-20-10-6-7-15-27(17-20)33(31,32)21-13-11-19(12-14-21)22(26-24(29)30)16-18-8-4-3-5-9-18/h2-5,8-9,11-14,20,22,26H,1,6-7,10,15-17H2,(H,25,28)(H,29,30). The van der Waals surface area contributed by atoms with Crippen molar-refractivity contribution in [1.82, 2.24) is 14.9 Å². The molecule has 9 heteroatoms. The van der Waals surface area contributed by atoms with E-state index in [1.165, 1.54) is 22.5 Å². The zero-order valence-electron chi connectivity index (χ0n) is 18.3. The Labute approximate surface area is 194 Å². The molecule has 1 aliphatic heterocycles. The van der Waals surface area contributed by atoms with E-state index in [4.69, 9.17) is 0 Å². The Balaban J connectivity index is 1.79. The molecule has 176 valence electrons. The number of carbonyl (C=O) groups excluding carboxylic acids is 1. The lowest BCUT2D eigenvalue weighted by molar-refractivity contribution is -0.117. The normalized spacial score (nSPS) is 18.0. The second kappa shape index (κ2) is 11.1. The van der Waals surface area contributed by atoms with Crippen LogP contribution in [0.15, 0.2) is 72.1 Å². The minimum Gasteiger partial charge on any atom is -0.465 e. The van der Waals surface area contributed by atoms with Gasteiger partial charge in [0, 0.05) is 19.1 Å². The summed E-state index contributed by atoms with van der Waals surface area (Å²) < 4.78 is 28.0. The van der Waals surface area contributed by atoms with Gasteiger partial charge in [-0.1, -0.05) is 55.5 Å². The number of hydrogen-bond acceptors (Lipinski definition) is 4. The third-order valence-corrected chi connectivity index (χ3v) is 7.55. The molecule has 0 radical (unpaired) electrons. The maximum absolute atomic E-state index is 13.3. The molecule has 0 aliphatic carbocycles. The summed E-state index contributed by atoms with van der Waals surface area (Å²) in [6.45, 7) is 4.02. The number of carboxylic acid groups (broad SMARTS) is 1. The van der Waals surface area contributed by atoms with Crippen molar-refractivity contribution in [3.05, 3.63) is 78.4 Å². The molecule has 2 aromatic carbocycles. The molecule has 2 aromatic rings. The van der Waals surface area contributed by atoms with Crippen LogP contribution in [0.5, 0.6) is 0 Å². The van der Waals surface area contributed by atoms with Crippen molar-refractivity contribution < 1.29 is 23.1 Å². The maximum atomic E-state index is 13.3. The molecule has 1 fully saturated rings. The Morgan fingerprint density at radius 3 is 2.45 bits per heavy atom. The van der Waals surface area contributed by atoms with Gasteiger partial charge in [-0.05, 0) is 48.6 Å². The van der Waals surface area contributed by atoms with Gasteiger partial charge in [-0.25, -0.2) is 13.2 Å². The van der Waals surface area contributed by atoms with Gasteiger partial charge in [0.1, 0.15) is 0 Å². The van der Waals surface area contributed by atoms with Crippen molar-refractivity contribution in [3.63, 3.8) is 0 Å². The molecular weight excluding hydrogens is 442 g/mol. The van der Waals surface area contributed by atoms with E-state index in [-0.39, 0.29) is 23.4 Å². The topological polar surface area (TPSA) is 116 Å². The van der Waals surface area contributed by atoms with E-state index in [2.05, 4.69) is 17.2 Å². The largest absolute Gasteiger partial charge is 0.465 e. The van der Waals surface area contributed by atoms with Crippen LogP contribution in [-0.2, 0) is 21.2 Å². The molecule has 1 saturated heterocycles. The van der Waals surface area contributed by atoms with Crippen molar-refractivity contribution in [3.8, 4) is 0 Å². The summed E-state index contributed by atoms with van der Waals surface area (Å²) in [6.07, 6.45) is 2.70. The summed E-state index contributed by atoms with van der Waals surface area (Å²) in [5.74, 6) is -0.320. The molecule has 8 nitrogen and oxygen atoms in total. The quantitative estimate of drug-likeness (QED) is 0.512. The van der Waals surface area contributed by atoms with Crippen LogP contribution in [0.3, 0.4) is 0 Å². The van der Waals surface area contributed by atoms with Gasteiger partial charge in [0.15, 0.2) is 0 Å². The predicted molar refractivity (Wildman–Crippen MR) is 125 cm³/mol. The van der Waals surface area contributed by atoms with Crippen molar-refractivity contribution >= 4 is 22.0 Å². The van der Waals surface area contributed by atoms with Crippen LogP contribution in [0, 0.1) is 0 Å². The fraction of sp³-hybridized carbons (Fsp3) is 0.333. The van der Waals surface area contributed by atoms with Gasteiger partial charge in [-0.2, -0.15) is 4.31 Å². The second-order valence-electron chi connectivity index (χ2n) is 8.03. The van der Waals surface area contributed by atoms with E-state index in [1.54, 1.807) is 12.1 Å². The lowest BCUT2D eigenvalue weighted by Crippen LogP contribution is -2.44. The Bertz CT molecular complexity index is 1070. The summed E-state index contributed by atoms with van der Waals surface area (Å²) >= 11 is 0. The van der Waals surface area contributed by atoms with Gasteiger partial charge in [0.2, 0.25) is 15.9 Å². The van der Waals surface area contributed by atoms with Crippen molar-refractivity contribution in [2.45, 2.75) is 42.7 Å². The molecule has 0 saturated carbocycles. The fourth-order valence-electron chi connectivity index (χ4n) is 3.98. The third kappa shape index (κ3) is 6.66. The highest BCUT2D eigenvalue weighted by Crippen LogP contribution is 2.24. The maximum Gasteiger partial charge on any atom is 0.405 e. The Kier molecular flexibility index (Phi) is 8.24. The zero-order valence-corrected chi connectivity index (χ0v) is 19.1.